The largest absolute Gasteiger partial charge is 0.480 e. The Labute approximate surface area is 490 Å². The van der Waals surface area contributed by atoms with Gasteiger partial charge in [0, 0.05) is 25.9 Å². The molecule has 11 N–H and O–H groups in total. The molecule has 82 heavy (non-hydrogen) atoms. The molecule has 17 nitrogen and oxygen atoms in total. The summed E-state index contributed by atoms with van der Waals surface area (Å²) in [6, 6.07) is -2.01. The Morgan fingerprint density at radius 1 is 0.537 bits per heavy atom. The highest BCUT2D eigenvalue weighted by molar-refractivity contribution is 5.87. The van der Waals surface area contributed by atoms with E-state index in [4.69, 9.17) is 4.74 Å². The van der Waals surface area contributed by atoms with Gasteiger partial charge >= 0.3 is 12.1 Å². The maximum atomic E-state index is 13.9. The number of nitrogens with one attached hydrogen (secondary N) is 4. The summed E-state index contributed by atoms with van der Waals surface area (Å²) in [5.41, 5.74) is -1.56. The number of rotatable bonds is 22. The molecule has 0 aliphatic heterocycles. The number of alkyl carbamates (subject to hydrolysis) is 1. The Morgan fingerprint density at radius 3 is 1.45 bits per heavy atom. The summed E-state index contributed by atoms with van der Waals surface area (Å²) < 4.78 is 5.24. The molecule has 16 unspecified atom stereocenters. The Kier molecular flexibility index (Phi) is 20.6. The third-order valence-corrected chi connectivity index (χ3v) is 24.8. The molecule has 8 aliphatic carbocycles. The number of carboxylic acid groups (broad SMARTS) is 1. The zero-order valence-corrected chi connectivity index (χ0v) is 51.5. The molecule has 8 saturated carbocycles. The number of hydrogen-bond acceptors (Lipinski definition) is 12. The molecule has 17 heteroatoms. The Balaban J connectivity index is 0.818. The lowest BCUT2D eigenvalue weighted by Gasteiger charge is -2.63. The summed E-state index contributed by atoms with van der Waals surface area (Å²) in [4.78, 5) is 65.4. The minimum Gasteiger partial charge on any atom is -0.480 e. The van der Waals surface area contributed by atoms with E-state index in [2.05, 4.69) is 62.8 Å². The standard InChI is InChI=1S/C65H110N4O13/c1-36(42-18-20-44-56-46(34-52(74)64(42,44)8)62(6)26-24-40(70)30-38(62)32-50(56)72)16-22-54(76)66-28-12-10-14-48(58(78)67-29-13-11-15-49(59(79)80)69-60(81)82-61(3,4)5)68-55(77)23-17-37(2)43-19-21-45-57-47(35-53(75)65(43,45)9)63(7)27-25-41(71)31-39(63)33-51(57)73/h36-53,56-57,70-75H,10-35H2,1-9H3,(H,66,76)(H,67,78)(H,68,77)(H,69,81)(H,79,80)/t36?,37?,38-,39-,40+,41+,42?,43?,44-,45-,46?,47?,48?,49?,50?,51?,52?,53?,56-,57-,62?,63?,64?,65?/m0/s1. The van der Waals surface area contributed by atoms with Crippen LogP contribution in [0.5, 0.6) is 0 Å². The van der Waals surface area contributed by atoms with Gasteiger partial charge in [-0.15, -0.1) is 0 Å². The molecule has 0 aromatic rings. The summed E-state index contributed by atoms with van der Waals surface area (Å²) in [5.74, 6) is 0.353. The number of amides is 4. The lowest BCUT2D eigenvalue weighted by molar-refractivity contribution is -0.207. The molecule has 0 saturated heterocycles. The van der Waals surface area contributed by atoms with Gasteiger partial charge in [0.05, 0.1) is 36.6 Å². The molecule has 8 aliphatic rings. The van der Waals surface area contributed by atoms with Crippen molar-refractivity contribution in [2.75, 3.05) is 13.1 Å². The number of hydrogen-bond donors (Lipinski definition) is 11. The number of carbonyl (C=O) groups excluding carboxylic acids is 4. The quantitative estimate of drug-likeness (QED) is 0.0463. The van der Waals surface area contributed by atoms with E-state index in [9.17, 15) is 59.7 Å². The monoisotopic (exact) mass is 1150 g/mol. The molecule has 0 spiro atoms. The number of unbranched alkanes of at least 4 members (excludes halogenated alkanes) is 2. The van der Waals surface area contributed by atoms with E-state index in [0.29, 0.717) is 90.0 Å². The van der Waals surface area contributed by atoms with Crippen molar-refractivity contribution < 1.29 is 64.5 Å². The fraction of sp³-hybridized carbons (Fsp3) is 0.923. The van der Waals surface area contributed by atoms with E-state index in [1.54, 1.807) is 20.8 Å². The summed E-state index contributed by atoms with van der Waals surface area (Å²) in [7, 11) is 0. The number of fused-ring (bicyclic) bond motifs is 10. The average Bonchev–Trinajstić information content (AvgIpc) is 1.57. The lowest BCUT2D eigenvalue weighted by Crippen LogP contribution is -2.62. The summed E-state index contributed by atoms with van der Waals surface area (Å²) >= 11 is 0. The van der Waals surface area contributed by atoms with Crippen LogP contribution in [0.15, 0.2) is 0 Å². The van der Waals surface area contributed by atoms with Crippen LogP contribution >= 0.6 is 0 Å². The van der Waals surface area contributed by atoms with E-state index in [1.807, 2.05) is 0 Å². The van der Waals surface area contributed by atoms with Crippen LogP contribution < -0.4 is 21.3 Å². The van der Waals surface area contributed by atoms with Crippen LogP contribution in [0.25, 0.3) is 0 Å². The minimum atomic E-state index is -1.19. The summed E-state index contributed by atoms with van der Waals surface area (Å²) in [5, 5.41) is 90.0. The molecular formula is C65H110N4O13. The van der Waals surface area contributed by atoms with Crippen LogP contribution in [-0.2, 0) is 23.9 Å². The van der Waals surface area contributed by atoms with Crippen molar-refractivity contribution in [1.29, 1.82) is 0 Å². The molecule has 4 amide bonds. The van der Waals surface area contributed by atoms with Gasteiger partial charge in [-0.05, 0) is 255 Å². The number of aliphatic hydroxyl groups excluding tert-OH is 6. The molecule has 8 rings (SSSR count). The van der Waals surface area contributed by atoms with E-state index in [-0.39, 0.29) is 137 Å². The van der Waals surface area contributed by atoms with E-state index >= 15 is 0 Å². The minimum absolute atomic E-state index is 0.00849. The molecule has 0 radical (unpaired) electrons. The molecular weight excluding hydrogens is 1040 g/mol. The first-order valence-electron chi connectivity index (χ1n) is 32.7. The second kappa shape index (κ2) is 26.1. The number of aliphatic carboxylic acids is 1. The third kappa shape index (κ3) is 13.4. The van der Waals surface area contributed by atoms with Crippen molar-refractivity contribution in [2.24, 2.45) is 92.7 Å². The highest BCUT2D eigenvalue weighted by Crippen LogP contribution is 2.70. The Morgan fingerprint density at radius 2 is 0.988 bits per heavy atom. The van der Waals surface area contributed by atoms with Gasteiger partial charge in [-0.1, -0.05) is 41.5 Å². The second-order valence-electron chi connectivity index (χ2n) is 30.4. The SMILES string of the molecule is CC(CCC(=O)NCCCCC(NC(=O)CCC(C)C1CC[C@H]2[C@@H]3C(O)C[C@@H]4C[C@H](O)CCC4(C)C3CC(O)C12C)C(=O)NCCCCC(NC(=O)OC(C)(C)C)C(=O)O)C1CC[C@H]2[C@@H]3C(O)C[C@@H]4C[C@H](O)CCC4(C)C3CC(O)C12C. The van der Waals surface area contributed by atoms with E-state index in [1.165, 1.54) is 0 Å². The van der Waals surface area contributed by atoms with Gasteiger partial charge < -0.3 is 61.7 Å². The molecule has 468 valence electrons. The van der Waals surface area contributed by atoms with Crippen molar-refractivity contribution in [3.63, 3.8) is 0 Å². The van der Waals surface area contributed by atoms with Crippen LogP contribution in [0.1, 0.15) is 216 Å². The van der Waals surface area contributed by atoms with Gasteiger partial charge in [0.2, 0.25) is 17.7 Å². The highest BCUT2D eigenvalue weighted by Gasteiger charge is 2.67. The van der Waals surface area contributed by atoms with Gasteiger partial charge in [0.15, 0.2) is 0 Å². The molecule has 24 atom stereocenters. The van der Waals surface area contributed by atoms with Crippen LogP contribution in [0, 0.1) is 92.7 Å². The second-order valence-corrected chi connectivity index (χ2v) is 30.4. The average molecular weight is 1160 g/mol. The van der Waals surface area contributed by atoms with Gasteiger partial charge in [-0.25, -0.2) is 9.59 Å². The fourth-order valence-corrected chi connectivity index (χ4v) is 20.2. The molecule has 0 heterocycles. The van der Waals surface area contributed by atoms with Crippen LogP contribution in [0.2, 0.25) is 0 Å². The molecule has 8 fully saturated rings. The number of aliphatic hydroxyl groups is 6. The van der Waals surface area contributed by atoms with E-state index < -0.39 is 59.6 Å². The van der Waals surface area contributed by atoms with Crippen molar-refractivity contribution in [3.8, 4) is 0 Å². The Hall–Kier alpha value is -3.09. The van der Waals surface area contributed by atoms with Crippen LogP contribution in [0.4, 0.5) is 4.79 Å². The van der Waals surface area contributed by atoms with Crippen molar-refractivity contribution in [3.05, 3.63) is 0 Å². The highest BCUT2D eigenvalue weighted by atomic mass is 16.6. The number of carboxylic acids is 1. The zero-order valence-electron chi connectivity index (χ0n) is 51.5. The number of carbonyl (C=O) groups is 5. The summed E-state index contributed by atoms with van der Waals surface area (Å²) in [6.45, 7) is 19.2. The lowest BCUT2D eigenvalue weighted by atomic mass is 9.43. The Bertz CT molecular complexity index is 2230. The van der Waals surface area contributed by atoms with Gasteiger partial charge in [-0.2, -0.15) is 0 Å². The maximum Gasteiger partial charge on any atom is 0.408 e. The first-order valence-corrected chi connectivity index (χ1v) is 32.7. The molecule has 0 aromatic heterocycles. The fourth-order valence-electron chi connectivity index (χ4n) is 20.2. The topological polar surface area (TPSA) is 284 Å². The van der Waals surface area contributed by atoms with Crippen LogP contribution in [-0.4, -0.2) is 133 Å². The third-order valence-electron chi connectivity index (χ3n) is 24.8. The van der Waals surface area contributed by atoms with E-state index in [0.717, 1.165) is 57.8 Å². The van der Waals surface area contributed by atoms with Crippen molar-refractivity contribution in [1.82, 2.24) is 21.3 Å². The number of ether oxygens (including phenoxy) is 1. The van der Waals surface area contributed by atoms with Gasteiger partial charge in [-0.3, -0.25) is 14.4 Å². The first-order chi connectivity index (χ1) is 38.5. The van der Waals surface area contributed by atoms with Crippen molar-refractivity contribution >= 4 is 29.8 Å². The predicted octanol–water partition coefficient (Wildman–Crippen LogP) is 7.78. The zero-order chi connectivity index (χ0) is 59.9. The summed E-state index contributed by atoms with van der Waals surface area (Å²) in [6.07, 6.45) is 12.1. The maximum absolute atomic E-state index is 13.9. The molecule has 0 bridgehead atoms. The smallest absolute Gasteiger partial charge is 0.408 e. The molecule has 0 aromatic carbocycles. The predicted molar refractivity (Wildman–Crippen MR) is 311 cm³/mol. The normalized spacial score (nSPS) is 41.8. The van der Waals surface area contributed by atoms with Crippen molar-refractivity contribution in [2.45, 2.75) is 271 Å². The van der Waals surface area contributed by atoms with Crippen LogP contribution in [0.3, 0.4) is 0 Å². The van der Waals surface area contributed by atoms with Gasteiger partial charge in [0.1, 0.15) is 17.7 Å². The first kappa shape index (κ1) is 64.9. The van der Waals surface area contributed by atoms with Gasteiger partial charge in [0.25, 0.3) is 0 Å².